The average molecular weight is 222 g/mol. The van der Waals surface area contributed by atoms with Crippen molar-refractivity contribution in [2.24, 2.45) is 11.7 Å². The molecule has 1 amide bonds. The highest BCUT2D eigenvalue weighted by Gasteiger charge is 2.16. The van der Waals surface area contributed by atoms with Gasteiger partial charge in [0.15, 0.2) is 0 Å². The van der Waals surface area contributed by atoms with Crippen LogP contribution in [0.5, 0.6) is 5.75 Å². The minimum atomic E-state index is -0.216. The van der Waals surface area contributed by atoms with Crippen LogP contribution in [0.4, 0.5) is 5.69 Å². The summed E-state index contributed by atoms with van der Waals surface area (Å²) in [6, 6.07) is 7.07. The molecule has 0 aliphatic rings. The van der Waals surface area contributed by atoms with E-state index in [9.17, 15) is 4.79 Å². The van der Waals surface area contributed by atoms with E-state index in [0.717, 1.165) is 5.69 Å². The van der Waals surface area contributed by atoms with Crippen LogP contribution in [0.3, 0.4) is 0 Å². The van der Waals surface area contributed by atoms with Crippen molar-refractivity contribution < 1.29 is 9.53 Å². The monoisotopic (exact) mass is 222 g/mol. The quantitative estimate of drug-likeness (QED) is 0.813. The zero-order chi connectivity index (χ0) is 12.1. The number of carbonyl (C=O) groups excluding carboxylic acids is 1. The Balaban J connectivity index is 2.69. The first-order valence-electron chi connectivity index (χ1n) is 5.25. The van der Waals surface area contributed by atoms with Crippen LogP contribution in [-0.2, 0) is 4.79 Å². The van der Waals surface area contributed by atoms with Crippen LogP contribution in [0.2, 0.25) is 0 Å². The molecular weight excluding hydrogens is 204 g/mol. The first-order valence-corrected chi connectivity index (χ1v) is 5.25. The van der Waals surface area contributed by atoms with E-state index in [-0.39, 0.29) is 17.9 Å². The lowest BCUT2D eigenvalue weighted by Crippen LogP contribution is -2.34. The van der Waals surface area contributed by atoms with Crippen LogP contribution in [0.1, 0.15) is 13.8 Å². The smallest absolute Gasteiger partial charge is 0.228 e. The number of anilines is 1. The fourth-order valence-corrected chi connectivity index (χ4v) is 1.20. The summed E-state index contributed by atoms with van der Waals surface area (Å²) in [5.41, 5.74) is 6.38. The molecule has 0 aliphatic carbocycles. The summed E-state index contributed by atoms with van der Waals surface area (Å²) in [6.07, 6.45) is 0. The highest BCUT2D eigenvalue weighted by molar-refractivity contribution is 5.92. The van der Waals surface area contributed by atoms with Crippen LogP contribution < -0.4 is 15.8 Å². The number of rotatable bonds is 4. The lowest BCUT2D eigenvalue weighted by atomic mass is 10.0. The fourth-order valence-electron chi connectivity index (χ4n) is 1.20. The zero-order valence-corrected chi connectivity index (χ0v) is 9.86. The van der Waals surface area contributed by atoms with Crippen LogP contribution in [-0.4, -0.2) is 19.1 Å². The molecule has 0 radical (unpaired) electrons. The third-order valence-electron chi connectivity index (χ3n) is 2.54. The summed E-state index contributed by atoms with van der Waals surface area (Å²) in [6.45, 7) is 3.62. The molecule has 0 saturated heterocycles. The zero-order valence-electron chi connectivity index (χ0n) is 9.86. The Bertz CT molecular complexity index is 364. The average Bonchev–Trinajstić information content (AvgIpc) is 2.28. The maximum Gasteiger partial charge on any atom is 0.228 e. The summed E-state index contributed by atoms with van der Waals surface area (Å²) in [4.78, 5) is 11.7. The second-order valence-electron chi connectivity index (χ2n) is 3.87. The molecule has 0 bridgehead atoms. The molecule has 1 aromatic carbocycles. The van der Waals surface area contributed by atoms with Crippen LogP contribution in [0.15, 0.2) is 24.3 Å². The summed E-state index contributed by atoms with van der Waals surface area (Å²) in [5, 5.41) is 2.80. The second-order valence-corrected chi connectivity index (χ2v) is 3.87. The van der Waals surface area contributed by atoms with Crippen molar-refractivity contribution in [1.82, 2.24) is 0 Å². The third kappa shape index (κ3) is 3.24. The van der Waals surface area contributed by atoms with Gasteiger partial charge in [0.25, 0.3) is 0 Å². The first-order chi connectivity index (χ1) is 7.54. The van der Waals surface area contributed by atoms with Crippen molar-refractivity contribution in [2.75, 3.05) is 12.4 Å². The van der Waals surface area contributed by atoms with Gasteiger partial charge in [-0.05, 0) is 19.1 Å². The summed E-state index contributed by atoms with van der Waals surface area (Å²) in [7, 11) is 1.59. The van der Waals surface area contributed by atoms with Gasteiger partial charge in [-0.3, -0.25) is 4.79 Å². The molecule has 3 N–H and O–H groups in total. The topological polar surface area (TPSA) is 64.3 Å². The Labute approximate surface area is 95.8 Å². The van der Waals surface area contributed by atoms with E-state index >= 15 is 0 Å². The molecule has 4 nitrogen and oxygen atoms in total. The lowest BCUT2D eigenvalue weighted by molar-refractivity contribution is -0.119. The third-order valence-corrected chi connectivity index (χ3v) is 2.54. The summed E-state index contributed by atoms with van der Waals surface area (Å²) in [5.74, 6) is 0.417. The van der Waals surface area contributed by atoms with E-state index in [1.54, 1.807) is 20.1 Å². The molecule has 4 heteroatoms. The molecular formula is C12H18N2O2. The van der Waals surface area contributed by atoms with Crippen molar-refractivity contribution in [3.63, 3.8) is 0 Å². The number of ether oxygens (including phenoxy) is 1. The van der Waals surface area contributed by atoms with Crippen molar-refractivity contribution in [2.45, 2.75) is 19.9 Å². The Morgan fingerprint density at radius 1 is 1.44 bits per heavy atom. The molecule has 1 rings (SSSR count). The minimum absolute atomic E-state index is 0.0803. The van der Waals surface area contributed by atoms with Crippen molar-refractivity contribution in [3.8, 4) is 5.75 Å². The number of hydrogen-bond acceptors (Lipinski definition) is 3. The van der Waals surface area contributed by atoms with E-state index in [4.69, 9.17) is 10.5 Å². The van der Waals surface area contributed by atoms with Gasteiger partial charge in [0.2, 0.25) is 5.91 Å². The number of carbonyl (C=O) groups is 1. The molecule has 0 spiro atoms. The van der Waals surface area contributed by atoms with Gasteiger partial charge in [0, 0.05) is 17.8 Å². The van der Waals surface area contributed by atoms with Crippen LogP contribution in [0.25, 0.3) is 0 Å². The van der Waals surface area contributed by atoms with Gasteiger partial charge in [-0.1, -0.05) is 13.0 Å². The molecule has 0 fully saturated rings. The highest BCUT2D eigenvalue weighted by atomic mass is 16.5. The largest absolute Gasteiger partial charge is 0.497 e. The Hall–Kier alpha value is -1.55. The molecule has 2 atom stereocenters. The normalized spacial score (nSPS) is 14.0. The van der Waals surface area contributed by atoms with E-state index in [1.165, 1.54) is 0 Å². The highest BCUT2D eigenvalue weighted by Crippen LogP contribution is 2.17. The molecule has 1 aromatic rings. The van der Waals surface area contributed by atoms with E-state index in [0.29, 0.717) is 5.75 Å². The Morgan fingerprint density at radius 3 is 2.69 bits per heavy atom. The van der Waals surface area contributed by atoms with Gasteiger partial charge >= 0.3 is 0 Å². The SMILES string of the molecule is COc1cccc(NC(=O)C(C)C(C)N)c1. The number of hydrogen-bond donors (Lipinski definition) is 2. The number of nitrogens with one attached hydrogen (secondary N) is 1. The molecule has 0 saturated carbocycles. The summed E-state index contributed by atoms with van der Waals surface area (Å²) < 4.78 is 5.07. The molecule has 0 heterocycles. The maximum atomic E-state index is 11.7. The molecule has 88 valence electrons. The van der Waals surface area contributed by atoms with Gasteiger partial charge in [0.1, 0.15) is 5.75 Å². The van der Waals surface area contributed by atoms with Gasteiger partial charge in [0.05, 0.1) is 13.0 Å². The predicted octanol–water partition coefficient (Wildman–Crippen LogP) is 1.62. The van der Waals surface area contributed by atoms with Crippen LogP contribution >= 0.6 is 0 Å². The van der Waals surface area contributed by atoms with Crippen molar-refractivity contribution in [3.05, 3.63) is 24.3 Å². The van der Waals surface area contributed by atoms with Gasteiger partial charge in [-0.2, -0.15) is 0 Å². The predicted molar refractivity (Wildman–Crippen MR) is 64.4 cm³/mol. The first kappa shape index (κ1) is 12.5. The molecule has 0 aliphatic heterocycles. The van der Waals surface area contributed by atoms with E-state index in [1.807, 2.05) is 25.1 Å². The van der Waals surface area contributed by atoms with Crippen LogP contribution in [0, 0.1) is 5.92 Å². The number of amides is 1. The molecule has 16 heavy (non-hydrogen) atoms. The number of methoxy groups -OCH3 is 1. The Kier molecular flexibility index (Phi) is 4.31. The van der Waals surface area contributed by atoms with Gasteiger partial charge in [-0.15, -0.1) is 0 Å². The fraction of sp³-hybridized carbons (Fsp3) is 0.417. The Morgan fingerprint density at radius 2 is 2.12 bits per heavy atom. The van der Waals surface area contributed by atoms with E-state index in [2.05, 4.69) is 5.32 Å². The van der Waals surface area contributed by atoms with Crippen molar-refractivity contribution in [1.29, 1.82) is 0 Å². The summed E-state index contributed by atoms with van der Waals surface area (Å²) >= 11 is 0. The maximum absolute atomic E-state index is 11.7. The van der Waals surface area contributed by atoms with Gasteiger partial charge in [-0.25, -0.2) is 0 Å². The second kappa shape index (κ2) is 5.51. The minimum Gasteiger partial charge on any atom is -0.497 e. The molecule has 0 aromatic heterocycles. The van der Waals surface area contributed by atoms with Crippen molar-refractivity contribution >= 4 is 11.6 Å². The standard InChI is InChI=1S/C12H18N2O2/c1-8(9(2)13)12(15)14-10-5-4-6-11(7-10)16-3/h4-9H,13H2,1-3H3,(H,14,15). The van der Waals surface area contributed by atoms with Gasteiger partial charge < -0.3 is 15.8 Å². The lowest BCUT2D eigenvalue weighted by Gasteiger charge is -2.15. The molecule has 2 unspecified atom stereocenters. The number of nitrogens with two attached hydrogens (primary N) is 1. The number of benzene rings is 1. The van der Waals surface area contributed by atoms with E-state index < -0.39 is 0 Å².